The van der Waals surface area contributed by atoms with Gasteiger partial charge in [-0.3, -0.25) is 4.90 Å². The van der Waals surface area contributed by atoms with E-state index in [0.29, 0.717) is 6.04 Å². The molecule has 0 radical (unpaired) electrons. The van der Waals surface area contributed by atoms with Crippen molar-refractivity contribution in [2.45, 2.75) is 24.4 Å². The molecular formula is C25H23N3. The van der Waals surface area contributed by atoms with Crippen LogP contribution < -0.4 is 5.32 Å². The van der Waals surface area contributed by atoms with Crippen LogP contribution in [-0.4, -0.2) is 23.5 Å². The van der Waals surface area contributed by atoms with E-state index in [1.54, 1.807) is 0 Å². The van der Waals surface area contributed by atoms with Crippen LogP contribution in [0.1, 0.15) is 30.0 Å². The van der Waals surface area contributed by atoms with Gasteiger partial charge >= 0.3 is 0 Å². The fourth-order valence-electron chi connectivity index (χ4n) is 4.75. The van der Waals surface area contributed by atoms with Crippen molar-refractivity contribution in [2.24, 2.45) is 0 Å². The standard InChI is InChI=1S/C25H23N3/c26-18-25(27-19-8-2-1-3-9-19)14-16-28(17-15-25)24-22-12-6-4-10-20(22)21-11-5-7-13-23(21)24/h1-13,24,27H,14-17H2. The zero-order chi connectivity index (χ0) is 19.0. The number of nitriles is 1. The predicted molar refractivity (Wildman–Crippen MR) is 113 cm³/mol. The van der Waals surface area contributed by atoms with E-state index in [0.717, 1.165) is 31.6 Å². The summed E-state index contributed by atoms with van der Waals surface area (Å²) >= 11 is 0. The normalized spacial score (nSPS) is 18.1. The second-order valence-corrected chi connectivity index (χ2v) is 7.80. The average Bonchev–Trinajstić information content (AvgIpc) is 3.10. The topological polar surface area (TPSA) is 39.1 Å². The number of nitrogens with zero attached hydrogens (tertiary/aromatic N) is 2. The molecule has 3 nitrogen and oxygen atoms in total. The Bertz CT molecular complexity index is 981. The summed E-state index contributed by atoms with van der Waals surface area (Å²) in [5.41, 5.74) is 6.02. The Balaban J connectivity index is 1.41. The molecule has 0 bridgehead atoms. The van der Waals surface area contributed by atoms with Gasteiger partial charge in [-0.1, -0.05) is 66.7 Å². The number of likely N-dealkylation sites (tertiary alicyclic amines) is 1. The molecule has 138 valence electrons. The number of rotatable bonds is 3. The molecule has 3 aromatic rings. The van der Waals surface area contributed by atoms with Crippen molar-refractivity contribution in [1.82, 2.24) is 4.90 Å². The molecule has 2 aliphatic rings. The molecule has 28 heavy (non-hydrogen) atoms. The third-order valence-electron chi connectivity index (χ3n) is 6.19. The maximum Gasteiger partial charge on any atom is 0.127 e. The molecular weight excluding hydrogens is 342 g/mol. The Kier molecular flexibility index (Phi) is 4.15. The minimum absolute atomic E-state index is 0.292. The second kappa shape index (κ2) is 6.82. The van der Waals surface area contributed by atoms with Gasteiger partial charge in [0.1, 0.15) is 5.54 Å². The number of piperidine rings is 1. The van der Waals surface area contributed by atoms with Crippen LogP contribution in [0.3, 0.4) is 0 Å². The van der Waals surface area contributed by atoms with Crippen molar-refractivity contribution in [3.05, 3.63) is 90.0 Å². The number of para-hydroxylation sites is 1. The molecule has 1 fully saturated rings. The van der Waals surface area contributed by atoms with Gasteiger partial charge in [0.25, 0.3) is 0 Å². The van der Waals surface area contributed by atoms with E-state index in [9.17, 15) is 5.26 Å². The number of benzene rings is 3. The quantitative estimate of drug-likeness (QED) is 0.691. The molecule has 1 saturated heterocycles. The first-order chi connectivity index (χ1) is 13.8. The summed E-state index contributed by atoms with van der Waals surface area (Å²) in [6, 6.07) is 30.5. The molecule has 0 atom stereocenters. The fourth-order valence-corrected chi connectivity index (χ4v) is 4.75. The highest BCUT2D eigenvalue weighted by Gasteiger charge is 2.40. The van der Waals surface area contributed by atoms with E-state index in [1.165, 1.54) is 22.3 Å². The van der Waals surface area contributed by atoms with E-state index in [2.05, 4.69) is 64.8 Å². The smallest absolute Gasteiger partial charge is 0.127 e. The van der Waals surface area contributed by atoms with E-state index in [-0.39, 0.29) is 0 Å². The van der Waals surface area contributed by atoms with Crippen molar-refractivity contribution in [3.63, 3.8) is 0 Å². The summed E-state index contributed by atoms with van der Waals surface area (Å²) in [5, 5.41) is 13.4. The van der Waals surface area contributed by atoms with Crippen molar-refractivity contribution >= 4 is 5.69 Å². The summed E-state index contributed by atoms with van der Waals surface area (Å²) in [6.07, 6.45) is 1.64. The largest absolute Gasteiger partial charge is 0.367 e. The molecule has 3 aromatic carbocycles. The Morgan fingerprint density at radius 1 is 0.786 bits per heavy atom. The summed E-state index contributed by atoms with van der Waals surface area (Å²) in [6.45, 7) is 1.81. The molecule has 1 N–H and O–H groups in total. The molecule has 0 aromatic heterocycles. The van der Waals surface area contributed by atoms with Gasteiger partial charge in [-0.05, 0) is 47.2 Å². The van der Waals surface area contributed by atoms with Gasteiger partial charge < -0.3 is 5.32 Å². The predicted octanol–water partition coefficient (Wildman–Crippen LogP) is 5.23. The minimum atomic E-state index is -0.491. The number of hydrogen-bond acceptors (Lipinski definition) is 3. The van der Waals surface area contributed by atoms with Crippen LogP contribution in [0.4, 0.5) is 5.69 Å². The van der Waals surface area contributed by atoms with Crippen LogP contribution in [0.15, 0.2) is 78.9 Å². The van der Waals surface area contributed by atoms with Crippen LogP contribution in [0.25, 0.3) is 11.1 Å². The zero-order valence-electron chi connectivity index (χ0n) is 15.8. The number of hydrogen-bond donors (Lipinski definition) is 1. The van der Waals surface area contributed by atoms with Gasteiger partial charge in [0.2, 0.25) is 0 Å². The van der Waals surface area contributed by atoms with Gasteiger partial charge in [0.05, 0.1) is 12.1 Å². The third-order valence-corrected chi connectivity index (χ3v) is 6.19. The van der Waals surface area contributed by atoms with Crippen LogP contribution >= 0.6 is 0 Å². The van der Waals surface area contributed by atoms with E-state index < -0.39 is 5.54 Å². The molecule has 0 saturated carbocycles. The number of fused-ring (bicyclic) bond motifs is 3. The maximum atomic E-state index is 9.94. The summed E-state index contributed by atoms with van der Waals surface area (Å²) in [5.74, 6) is 0. The van der Waals surface area contributed by atoms with Crippen molar-refractivity contribution in [1.29, 1.82) is 5.26 Å². The average molecular weight is 365 g/mol. The van der Waals surface area contributed by atoms with Gasteiger partial charge in [0.15, 0.2) is 0 Å². The van der Waals surface area contributed by atoms with E-state index in [4.69, 9.17) is 0 Å². The SMILES string of the molecule is N#CC1(Nc2ccccc2)CCN(C2c3ccccc3-c3ccccc32)CC1. The Hall–Kier alpha value is -3.09. The van der Waals surface area contributed by atoms with Crippen LogP contribution in [-0.2, 0) is 0 Å². The maximum absolute atomic E-state index is 9.94. The molecule has 5 rings (SSSR count). The van der Waals surface area contributed by atoms with Gasteiger partial charge in [0, 0.05) is 18.8 Å². The monoisotopic (exact) mass is 365 g/mol. The Labute approximate surface area is 166 Å². The lowest BCUT2D eigenvalue weighted by molar-refractivity contribution is 0.164. The Morgan fingerprint density at radius 2 is 1.32 bits per heavy atom. The van der Waals surface area contributed by atoms with Crippen LogP contribution in [0.5, 0.6) is 0 Å². The van der Waals surface area contributed by atoms with E-state index >= 15 is 0 Å². The molecule has 0 spiro atoms. The molecule has 1 heterocycles. The van der Waals surface area contributed by atoms with Gasteiger partial charge in [-0.15, -0.1) is 0 Å². The van der Waals surface area contributed by atoms with Crippen LogP contribution in [0, 0.1) is 11.3 Å². The summed E-state index contributed by atoms with van der Waals surface area (Å²) in [7, 11) is 0. The molecule has 1 aliphatic heterocycles. The van der Waals surface area contributed by atoms with E-state index in [1.807, 2.05) is 30.3 Å². The summed E-state index contributed by atoms with van der Waals surface area (Å²) in [4.78, 5) is 2.55. The highest BCUT2D eigenvalue weighted by Crippen LogP contribution is 2.47. The fraction of sp³-hybridized carbons (Fsp3) is 0.240. The highest BCUT2D eigenvalue weighted by molar-refractivity contribution is 5.78. The lowest BCUT2D eigenvalue weighted by Crippen LogP contribution is -2.49. The van der Waals surface area contributed by atoms with Gasteiger partial charge in [-0.25, -0.2) is 0 Å². The van der Waals surface area contributed by atoms with Crippen molar-refractivity contribution < 1.29 is 0 Å². The molecule has 3 heteroatoms. The lowest BCUT2D eigenvalue weighted by Gasteiger charge is -2.41. The van der Waals surface area contributed by atoms with Crippen LogP contribution in [0.2, 0.25) is 0 Å². The molecule has 0 unspecified atom stereocenters. The zero-order valence-corrected chi connectivity index (χ0v) is 15.8. The number of nitrogens with one attached hydrogen (secondary N) is 1. The third kappa shape index (κ3) is 2.78. The summed E-state index contributed by atoms with van der Waals surface area (Å²) < 4.78 is 0. The Morgan fingerprint density at radius 3 is 1.89 bits per heavy atom. The van der Waals surface area contributed by atoms with Crippen molar-refractivity contribution in [3.8, 4) is 17.2 Å². The molecule has 0 amide bonds. The minimum Gasteiger partial charge on any atom is -0.367 e. The second-order valence-electron chi connectivity index (χ2n) is 7.80. The van der Waals surface area contributed by atoms with Gasteiger partial charge in [-0.2, -0.15) is 5.26 Å². The first-order valence-corrected chi connectivity index (χ1v) is 9.96. The highest BCUT2D eigenvalue weighted by atomic mass is 15.2. The molecule has 1 aliphatic carbocycles. The first-order valence-electron chi connectivity index (χ1n) is 9.96. The van der Waals surface area contributed by atoms with Crippen molar-refractivity contribution in [2.75, 3.05) is 18.4 Å². The first kappa shape index (κ1) is 17.0. The number of anilines is 1. The lowest BCUT2D eigenvalue weighted by atomic mass is 9.87.